The van der Waals surface area contributed by atoms with E-state index in [0.29, 0.717) is 0 Å². The topological polar surface area (TPSA) is 383 Å². The lowest BCUT2D eigenvalue weighted by Crippen LogP contribution is -2.55. The first-order valence-electron chi connectivity index (χ1n) is 16.6. The largest absolute Gasteiger partial charge is 0.394 e. The van der Waals surface area contributed by atoms with Crippen molar-refractivity contribution < 1.29 is 80.5 Å². The predicted molar refractivity (Wildman–Crippen MR) is 194 cm³/mol. The summed E-state index contributed by atoms with van der Waals surface area (Å²) in [5.74, 6) is -1.19. The third-order valence-corrected chi connectivity index (χ3v) is 7.96. The summed E-state index contributed by atoms with van der Waals surface area (Å²) in [6, 6.07) is 14.8. The smallest absolute Gasteiger partial charge is 0.321 e. The molecule has 56 heavy (non-hydrogen) atoms. The maximum absolute atomic E-state index is 12.9. The Hall–Kier alpha value is -5.34. The molecule has 0 aliphatic carbocycles. The summed E-state index contributed by atoms with van der Waals surface area (Å²) in [6.45, 7) is -1.87. The van der Waals surface area contributed by atoms with Gasteiger partial charge in [-0.25, -0.2) is 9.59 Å². The molecule has 6 amide bonds. The molecule has 0 spiro atoms. The van der Waals surface area contributed by atoms with Gasteiger partial charge in [0.25, 0.3) is 11.8 Å². The second-order valence-corrected chi connectivity index (χ2v) is 12.2. The van der Waals surface area contributed by atoms with Crippen LogP contribution in [0.4, 0.5) is 32.3 Å². The number of carbonyl (C=O) groups excluding carboxylic acids is 4. The molecular weight excluding hydrogens is 748 g/mol. The first kappa shape index (κ1) is 45.1. The zero-order valence-electron chi connectivity index (χ0n) is 29.1. The van der Waals surface area contributed by atoms with E-state index < -0.39 is 98.4 Å². The van der Waals surface area contributed by atoms with Gasteiger partial charge in [-0.3, -0.25) is 9.59 Å². The summed E-state index contributed by atoms with van der Waals surface area (Å²) in [4.78, 5) is 50.3. The molecule has 22 nitrogen and oxygen atoms in total. The van der Waals surface area contributed by atoms with E-state index in [1.54, 1.807) is 0 Å². The Kier molecular flexibility index (Phi) is 17.0. The second kappa shape index (κ2) is 21.1. The van der Waals surface area contributed by atoms with Gasteiger partial charge in [0.2, 0.25) is 0 Å². The Bertz CT molecular complexity index is 1630. The lowest BCUT2D eigenvalue weighted by Gasteiger charge is -2.28. The van der Waals surface area contributed by atoms with Crippen LogP contribution in [-0.2, 0) is 0 Å². The SMILES string of the molecule is O=C(Nc1ccc(NC(=O)c2cccc(C(=O)Nc3ccc(NC(=O)NC(O)[C@H](O)[C@H](O)[C@H](O)[C@@H](O)CO)cc3)c2)cc1)NC(O)[C@H](O)[C@H](O)[C@H](O)[C@@H](O)CO. The van der Waals surface area contributed by atoms with Crippen molar-refractivity contribution in [2.24, 2.45) is 0 Å². The van der Waals surface area contributed by atoms with Gasteiger partial charge in [0.05, 0.1) is 13.2 Å². The number of hydrogen-bond donors (Lipinski definition) is 18. The highest BCUT2D eigenvalue weighted by Crippen LogP contribution is 2.18. The minimum absolute atomic E-state index is 0.107. The van der Waals surface area contributed by atoms with Crippen LogP contribution in [0.1, 0.15) is 20.7 Å². The lowest BCUT2D eigenvalue weighted by atomic mass is 10.0. The number of rotatable bonds is 18. The van der Waals surface area contributed by atoms with Gasteiger partial charge < -0.3 is 93.2 Å². The molecule has 2 unspecified atom stereocenters. The van der Waals surface area contributed by atoms with Gasteiger partial charge in [-0.15, -0.1) is 0 Å². The summed E-state index contributed by atoms with van der Waals surface area (Å²) < 4.78 is 0. The van der Waals surface area contributed by atoms with Crippen LogP contribution in [0, 0.1) is 0 Å². The fraction of sp³-hybridized carbons (Fsp3) is 0.353. The van der Waals surface area contributed by atoms with Crippen molar-refractivity contribution in [2.75, 3.05) is 34.5 Å². The van der Waals surface area contributed by atoms with Crippen LogP contribution in [0.5, 0.6) is 0 Å². The van der Waals surface area contributed by atoms with Gasteiger partial charge in [0.1, 0.15) is 48.8 Å². The van der Waals surface area contributed by atoms with Crippen molar-refractivity contribution in [1.82, 2.24) is 10.6 Å². The van der Waals surface area contributed by atoms with Gasteiger partial charge in [0, 0.05) is 33.9 Å². The molecule has 0 saturated carbocycles. The van der Waals surface area contributed by atoms with E-state index in [0.717, 1.165) is 0 Å². The van der Waals surface area contributed by atoms with Crippen molar-refractivity contribution >= 4 is 46.6 Å². The highest BCUT2D eigenvalue weighted by molar-refractivity contribution is 6.09. The van der Waals surface area contributed by atoms with Crippen LogP contribution in [0.2, 0.25) is 0 Å². The Morgan fingerprint density at radius 3 is 1.04 bits per heavy atom. The summed E-state index contributed by atoms with van der Waals surface area (Å²) in [6.07, 6.45) is -20.3. The number of anilines is 4. The van der Waals surface area contributed by atoms with Crippen LogP contribution in [0.15, 0.2) is 72.8 Å². The molecule has 0 heterocycles. The molecule has 0 aromatic heterocycles. The lowest BCUT2D eigenvalue weighted by molar-refractivity contribution is -0.142. The molecule has 3 aromatic carbocycles. The van der Waals surface area contributed by atoms with Crippen molar-refractivity contribution in [3.63, 3.8) is 0 Å². The zero-order valence-corrected chi connectivity index (χ0v) is 29.1. The molecule has 0 radical (unpaired) electrons. The highest BCUT2D eigenvalue weighted by Gasteiger charge is 2.36. The number of carbonyl (C=O) groups is 4. The minimum Gasteiger partial charge on any atom is -0.394 e. The van der Waals surface area contributed by atoms with E-state index in [9.17, 15) is 70.2 Å². The van der Waals surface area contributed by atoms with Crippen molar-refractivity contribution in [1.29, 1.82) is 0 Å². The van der Waals surface area contributed by atoms with Crippen molar-refractivity contribution in [3.8, 4) is 0 Å². The normalized spacial score (nSPS) is 16.6. The van der Waals surface area contributed by atoms with E-state index in [1.165, 1.54) is 72.8 Å². The quantitative estimate of drug-likeness (QED) is 0.0545. The van der Waals surface area contributed by atoms with Crippen LogP contribution < -0.4 is 31.9 Å². The second-order valence-electron chi connectivity index (χ2n) is 12.2. The fourth-order valence-electron chi connectivity index (χ4n) is 4.70. The Morgan fingerprint density at radius 2 is 0.732 bits per heavy atom. The summed E-state index contributed by atoms with van der Waals surface area (Å²) in [7, 11) is 0. The number of nitrogens with one attached hydrogen (secondary N) is 6. The monoisotopic (exact) mass is 792 g/mol. The number of aliphatic hydroxyl groups excluding tert-OH is 12. The standard InChI is InChI=1S/C34H44N6O16/c41-13-21(43)23(45)25(47)27(49)31(53)39-33(55)37-19-8-4-17(5-9-19)35-29(51)15-2-1-3-16(12-15)30(52)36-18-6-10-20(11-7-18)38-34(56)40-32(54)28(50)26(48)24(46)22(44)14-42/h1-12,21-28,31-32,41-50,53-54H,13-14H2,(H,35,51)(H,36,52)(H2,37,39,55)(H2,38,40,56)/t21-,22-,23+,24+,25+,26+,27+,28+,31?,32?/m0/s1. The van der Waals surface area contributed by atoms with Crippen LogP contribution >= 0.6 is 0 Å². The summed E-state index contributed by atoms with van der Waals surface area (Å²) in [5, 5.41) is 129. The minimum atomic E-state index is -2.13. The molecule has 0 bridgehead atoms. The van der Waals surface area contributed by atoms with Crippen molar-refractivity contribution in [3.05, 3.63) is 83.9 Å². The van der Waals surface area contributed by atoms with E-state index in [-0.39, 0.29) is 33.9 Å². The molecular formula is C34H44N6O16. The molecule has 18 N–H and O–H groups in total. The van der Waals surface area contributed by atoms with Crippen LogP contribution in [0.3, 0.4) is 0 Å². The summed E-state index contributed by atoms with van der Waals surface area (Å²) in [5.41, 5.74) is 1.13. The number of hydrogen-bond acceptors (Lipinski definition) is 16. The molecule has 306 valence electrons. The van der Waals surface area contributed by atoms with Gasteiger partial charge in [-0.2, -0.15) is 0 Å². The van der Waals surface area contributed by atoms with E-state index >= 15 is 0 Å². The van der Waals surface area contributed by atoms with Gasteiger partial charge in [-0.1, -0.05) is 6.07 Å². The Labute approximate surface area is 317 Å². The highest BCUT2D eigenvalue weighted by atomic mass is 16.4. The maximum atomic E-state index is 12.9. The van der Waals surface area contributed by atoms with Crippen molar-refractivity contribution in [2.45, 2.75) is 61.3 Å². The first-order chi connectivity index (χ1) is 26.4. The number of benzene rings is 3. The average molecular weight is 793 g/mol. The average Bonchev–Trinajstić information content (AvgIpc) is 3.19. The third kappa shape index (κ3) is 12.9. The van der Waals surface area contributed by atoms with Gasteiger partial charge in [0.15, 0.2) is 12.5 Å². The molecule has 0 fully saturated rings. The molecule has 0 aliphatic heterocycles. The molecule has 3 aromatic rings. The maximum Gasteiger partial charge on any atom is 0.321 e. The van der Waals surface area contributed by atoms with E-state index in [4.69, 9.17) is 10.2 Å². The summed E-state index contributed by atoms with van der Waals surface area (Å²) >= 11 is 0. The van der Waals surface area contributed by atoms with Crippen LogP contribution in [-0.4, -0.2) is 160 Å². The molecule has 0 aliphatic rings. The third-order valence-electron chi connectivity index (χ3n) is 7.96. The molecule has 3 rings (SSSR count). The predicted octanol–water partition coefficient (Wildman–Crippen LogP) is -4.06. The molecule has 10 atom stereocenters. The number of urea groups is 2. The number of amides is 6. The Balaban J connectivity index is 1.50. The zero-order chi connectivity index (χ0) is 41.7. The number of aliphatic hydroxyl groups is 12. The molecule has 0 saturated heterocycles. The van der Waals surface area contributed by atoms with Gasteiger partial charge in [-0.05, 0) is 66.7 Å². The first-order valence-corrected chi connectivity index (χ1v) is 16.6. The van der Waals surface area contributed by atoms with E-state index in [2.05, 4.69) is 21.3 Å². The van der Waals surface area contributed by atoms with Crippen LogP contribution in [0.25, 0.3) is 0 Å². The van der Waals surface area contributed by atoms with E-state index in [1.807, 2.05) is 10.6 Å². The fourth-order valence-corrected chi connectivity index (χ4v) is 4.70. The Morgan fingerprint density at radius 1 is 0.429 bits per heavy atom. The van der Waals surface area contributed by atoms with Gasteiger partial charge >= 0.3 is 12.1 Å². The molecule has 22 heteroatoms.